The lowest BCUT2D eigenvalue weighted by Crippen LogP contribution is -2.38. The van der Waals surface area contributed by atoms with E-state index in [2.05, 4.69) is 24.5 Å². The van der Waals surface area contributed by atoms with Gasteiger partial charge >= 0.3 is 0 Å². The summed E-state index contributed by atoms with van der Waals surface area (Å²) in [6.07, 6.45) is 1.50. The maximum Gasteiger partial charge on any atom is 0.255 e. The third kappa shape index (κ3) is 5.09. The average Bonchev–Trinajstić information content (AvgIpc) is 2.67. The Kier molecular flexibility index (Phi) is 6.29. The lowest BCUT2D eigenvalue weighted by Gasteiger charge is -2.25. The molecule has 0 radical (unpaired) electrons. The first-order valence-corrected chi connectivity index (χ1v) is 9.52. The number of benzene rings is 2. The molecular formula is C22H25FN2O3. The first-order valence-electron chi connectivity index (χ1n) is 9.52. The minimum absolute atomic E-state index is 0.00736. The van der Waals surface area contributed by atoms with Gasteiger partial charge in [-0.15, -0.1) is 0 Å². The third-order valence-corrected chi connectivity index (χ3v) is 4.72. The van der Waals surface area contributed by atoms with Gasteiger partial charge in [0.25, 0.3) is 5.91 Å². The molecule has 28 heavy (non-hydrogen) atoms. The number of fused-ring (bicyclic) bond motifs is 1. The first-order chi connectivity index (χ1) is 13.4. The minimum Gasteiger partial charge on any atom is -0.492 e. The van der Waals surface area contributed by atoms with Crippen molar-refractivity contribution in [3.05, 3.63) is 59.4 Å². The van der Waals surface area contributed by atoms with Crippen LogP contribution in [-0.4, -0.2) is 25.0 Å². The molecule has 2 N–H and O–H groups in total. The van der Waals surface area contributed by atoms with E-state index >= 15 is 0 Å². The maximum atomic E-state index is 13.0. The second-order valence-electron chi connectivity index (χ2n) is 7.47. The number of rotatable bonds is 6. The number of halogens is 1. The molecule has 0 saturated heterocycles. The SMILES string of the molecule is CC(C)CCNC(=O)[C@H]1COc2ccc(NC(=O)c3ccc(F)cc3)cc2C1. The van der Waals surface area contributed by atoms with E-state index in [0.717, 1.165) is 17.7 Å². The van der Waals surface area contributed by atoms with Crippen molar-refractivity contribution < 1.29 is 18.7 Å². The van der Waals surface area contributed by atoms with E-state index in [-0.39, 0.29) is 23.5 Å². The Hall–Kier alpha value is -2.89. The summed E-state index contributed by atoms with van der Waals surface area (Å²) in [7, 11) is 0. The largest absolute Gasteiger partial charge is 0.492 e. The van der Waals surface area contributed by atoms with Gasteiger partial charge in [0.2, 0.25) is 5.91 Å². The number of carbonyl (C=O) groups excluding carboxylic acids is 2. The number of nitrogens with one attached hydrogen (secondary N) is 2. The Morgan fingerprint density at radius 2 is 1.93 bits per heavy atom. The van der Waals surface area contributed by atoms with Crippen molar-refractivity contribution in [1.82, 2.24) is 5.32 Å². The van der Waals surface area contributed by atoms with Gasteiger partial charge in [-0.05, 0) is 66.8 Å². The topological polar surface area (TPSA) is 67.4 Å². The fraction of sp³-hybridized carbons (Fsp3) is 0.364. The van der Waals surface area contributed by atoms with Crippen molar-refractivity contribution in [2.24, 2.45) is 11.8 Å². The Morgan fingerprint density at radius 1 is 1.18 bits per heavy atom. The molecule has 0 bridgehead atoms. The standard InChI is InChI=1S/C22H25FN2O3/c1-14(2)9-10-24-21(26)17-11-16-12-19(7-8-20(16)28-13-17)25-22(27)15-3-5-18(23)6-4-15/h3-8,12,14,17H,9-11,13H2,1-2H3,(H,24,26)(H,25,27)/t17-/m1/s1. The monoisotopic (exact) mass is 384 g/mol. The lowest BCUT2D eigenvalue weighted by molar-refractivity contribution is -0.126. The van der Waals surface area contributed by atoms with Crippen LogP contribution in [0.2, 0.25) is 0 Å². The summed E-state index contributed by atoms with van der Waals surface area (Å²) in [5.41, 5.74) is 1.86. The van der Waals surface area contributed by atoms with E-state index in [1.165, 1.54) is 24.3 Å². The highest BCUT2D eigenvalue weighted by Gasteiger charge is 2.26. The molecule has 2 amide bonds. The van der Waals surface area contributed by atoms with Gasteiger partial charge in [0.15, 0.2) is 0 Å². The molecule has 0 aromatic heterocycles. The second-order valence-corrected chi connectivity index (χ2v) is 7.47. The van der Waals surface area contributed by atoms with Crippen LogP contribution in [-0.2, 0) is 11.2 Å². The van der Waals surface area contributed by atoms with Gasteiger partial charge in [-0.3, -0.25) is 9.59 Å². The maximum absolute atomic E-state index is 13.0. The van der Waals surface area contributed by atoms with E-state index in [9.17, 15) is 14.0 Å². The summed E-state index contributed by atoms with van der Waals surface area (Å²) in [6, 6.07) is 10.7. The highest BCUT2D eigenvalue weighted by atomic mass is 19.1. The molecule has 2 aromatic carbocycles. The molecule has 0 fully saturated rings. The molecule has 148 valence electrons. The number of anilines is 1. The molecule has 0 aliphatic carbocycles. The number of amides is 2. The zero-order valence-corrected chi connectivity index (χ0v) is 16.1. The zero-order chi connectivity index (χ0) is 20.1. The van der Waals surface area contributed by atoms with Crippen molar-refractivity contribution in [2.75, 3.05) is 18.5 Å². The average molecular weight is 384 g/mol. The lowest BCUT2D eigenvalue weighted by atomic mass is 9.95. The predicted octanol–water partition coefficient (Wildman–Crippen LogP) is 3.79. The molecule has 5 nitrogen and oxygen atoms in total. The molecule has 0 unspecified atom stereocenters. The number of carbonyl (C=O) groups is 2. The second kappa shape index (κ2) is 8.87. The molecule has 1 atom stereocenters. The summed E-state index contributed by atoms with van der Waals surface area (Å²) in [4.78, 5) is 24.7. The van der Waals surface area contributed by atoms with Crippen LogP contribution >= 0.6 is 0 Å². The molecule has 1 heterocycles. The van der Waals surface area contributed by atoms with Crippen molar-refractivity contribution in [1.29, 1.82) is 0 Å². The summed E-state index contributed by atoms with van der Waals surface area (Å²) in [5, 5.41) is 5.77. The third-order valence-electron chi connectivity index (χ3n) is 4.72. The van der Waals surface area contributed by atoms with E-state index < -0.39 is 0 Å². The molecule has 0 saturated carbocycles. The van der Waals surface area contributed by atoms with E-state index in [1.807, 2.05) is 6.07 Å². The van der Waals surface area contributed by atoms with Gasteiger partial charge in [0.05, 0.1) is 5.92 Å². The summed E-state index contributed by atoms with van der Waals surface area (Å²) in [5.74, 6) is 0.302. The van der Waals surface area contributed by atoms with Gasteiger partial charge in [-0.1, -0.05) is 13.8 Å². The van der Waals surface area contributed by atoms with Crippen LogP contribution in [0.15, 0.2) is 42.5 Å². The van der Waals surface area contributed by atoms with E-state index in [4.69, 9.17) is 4.74 Å². The highest BCUT2D eigenvalue weighted by molar-refractivity contribution is 6.04. The summed E-state index contributed by atoms with van der Waals surface area (Å²) >= 11 is 0. The van der Waals surface area contributed by atoms with Crippen molar-refractivity contribution in [2.45, 2.75) is 26.7 Å². The van der Waals surface area contributed by atoms with Gasteiger partial charge in [-0.25, -0.2) is 4.39 Å². The van der Waals surface area contributed by atoms with Crippen molar-refractivity contribution >= 4 is 17.5 Å². The quantitative estimate of drug-likeness (QED) is 0.796. The minimum atomic E-state index is -0.389. The molecule has 2 aromatic rings. The number of ether oxygens (including phenoxy) is 1. The van der Waals surface area contributed by atoms with Crippen molar-refractivity contribution in [3.8, 4) is 5.75 Å². The molecule has 1 aliphatic heterocycles. The Bertz CT molecular complexity index is 849. The Balaban J connectivity index is 1.63. The summed E-state index contributed by atoms with van der Waals surface area (Å²) in [6.45, 7) is 5.25. The molecular weight excluding hydrogens is 359 g/mol. The van der Waals surface area contributed by atoms with E-state index in [0.29, 0.717) is 36.7 Å². The molecule has 6 heteroatoms. The van der Waals surface area contributed by atoms with Gasteiger partial charge in [0, 0.05) is 17.8 Å². The van der Waals surface area contributed by atoms with Gasteiger partial charge in [-0.2, -0.15) is 0 Å². The number of hydrogen-bond donors (Lipinski definition) is 2. The summed E-state index contributed by atoms with van der Waals surface area (Å²) < 4.78 is 18.7. The van der Waals surface area contributed by atoms with Crippen molar-refractivity contribution in [3.63, 3.8) is 0 Å². The van der Waals surface area contributed by atoms with Crippen LogP contribution < -0.4 is 15.4 Å². The van der Waals surface area contributed by atoms with Crippen LogP contribution in [0.25, 0.3) is 0 Å². The number of hydrogen-bond acceptors (Lipinski definition) is 3. The fourth-order valence-corrected chi connectivity index (χ4v) is 3.07. The Labute approximate surface area is 164 Å². The smallest absolute Gasteiger partial charge is 0.255 e. The van der Waals surface area contributed by atoms with E-state index in [1.54, 1.807) is 12.1 Å². The van der Waals surface area contributed by atoms with Gasteiger partial charge < -0.3 is 15.4 Å². The predicted molar refractivity (Wildman–Crippen MR) is 106 cm³/mol. The van der Waals surface area contributed by atoms with Crippen LogP contribution in [0.3, 0.4) is 0 Å². The molecule has 3 rings (SSSR count). The van der Waals surface area contributed by atoms with Crippen LogP contribution in [0.1, 0.15) is 36.2 Å². The van der Waals surface area contributed by atoms with Crippen LogP contribution in [0.4, 0.5) is 10.1 Å². The normalized spacial score (nSPS) is 15.5. The fourth-order valence-electron chi connectivity index (χ4n) is 3.07. The molecule has 1 aliphatic rings. The zero-order valence-electron chi connectivity index (χ0n) is 16.1. The highest BCUT2D eigenvalue weighted by Crippen LogP contribution is 2.30. The van der Waals surface area contributed by atoms with Gasteiger partial charge in [0.1, 0.15) is 18.2 Å². The van der Waals surface area contributed by atoms with Crippen LogP contribution in [0, 0.1) is 17.7 Å². The van der Waals surface area contributed by atoms with Crippen LogP contribution in [0.5, 0.6) is 5.75 Å². The molecule has 0 spiro atoms. The first kappa shape index (κ1) is 19.9. The Morgan fingerprint density at radius 3 is 2.64 bits per heavy atom.